The summed E-state index contributed by atoms with van der Waals surface area (Å²) in [5.74, 6) is -2.17. The Kier molecular flexibility index (Phi) is 6.09. The fraction of sp³-hybridized carbons (Fsp3) is 0.667. The highest BCUT2D eigenvalue weighted by molar-refractivity contribution is 5.89. The van der Waals surface area contributed by atoms with Crippen molar-refractivity contribution in [2.45, 2.75) is 31.8 Å². The number of hydrogen-bond acceptors (Lipinski definition) is 4. The van der Waals surface area contributed by atoms with Crippen molar-refractivity contribution >= 4 is 17.8 Å². The molecule has 0 aromatic carbocycles. The van der Waals surface area contributed by atoms with Gasteiger partial charge in [0, 0.05) is 6.42 Å². The van der Waals surface area contributed by atoms with Crippen LogP contribution in [0.1, 0.15) is 19.8 Å². The second-order valence-electron chi connectivity index (χ2n) is 3.41. The van der Waals surface area contributed by atoms with Gasteiger partial charge in [-0.1, -0.05) is 0 Å². The fourth-order valence-corrected chi connectivity index (χ4v) is 0.981. The maximum absolute atomic E-state index is 11.4. The molecule has 0 bridgehead atoms. The number of carboxylic acid groups (broad SMARTS) is 1. The SMILES string of the molecule is CN[C@@H](C)C(=O)N[C@H](CCC(=O)O)C(N)=O. The first-order valence-corrected chi connectivity index (χ1v) is 4.87. The third kappa shape index (κ3) is 5.30. The first-order chi connectivity index (χ1) is 7.38. The molecule has 5 N–H and O–H groups in total. The number of carboxylic acids is 1. The highest BCUT2D eigenvalue weighted by atomic mass is 16.4. The summed E-state index contributed by atoms with van der Waals surface area (Å²) in [6.07, 6.45) is -0.228. The molecule has 2 atom stereocenters. The molecule has 0 unspecified atom stereocenters. The van der Waals surface area contributed by atoms with Crippen LogP contribution >= 0.6 is 0 Å². The third-order valence-corrected chi connectivity index (χ3v) is 2.13. The fourth-order valence-electron chi connectivity index (χ4n) is 0.981. The van der Waals surface area contributed by atoms with Gasteiger partial charge in [0.15, 0.2) is 0 Å². The maximum Gasteiger partial charge on any atom is 0.303 e. The molecule has 0 aromatic heterocycles. The Morgan fingerprint density at radius 2 is 1.94 bits per heavy atom. The number of hydrogen-bond donors (Lipinski definition) is 4. The first kappa shape index (κ1) is 14.4. The molecule has 0 saturated carbocycles. The summed E-state index contributed by atoms with van der Waals surface area (Å²) in [5, 5.41) is 13.5. The molecule has 2 amide bonds. The zero-order chi connectivity index (χ0) is 12.7. The lowest BCUT2D eigenvalue weighted by Gasteiger charge is -2.17. The van der Waals surface area contributed by atoms with E-state index >= 15 is 0 Å². The molecule has 0 fully saturated rings. The van der Waals surface area contributed by atoms with E-state index in [0.717, 1.165) is 0 Å². The largest absolute Gasteiger partial charge is 0.481 e. The Bertz CT molecular complexity index is 280. The molecule has 0 rings (SSSR count). The van der Waals surface area contributed by atoms with Crippen molar-refractivity contribution in [2.24, 2.45) is 5.73 Å². The van der Waals surface area contributed by atoms with E-state index in [1.54, 1.807) is 14.0 Å². The van der Waals surface area contributed by atoms with E-state index in [1.807, 2.05) is 0 Å². The van der Waals surface area contributed by atoms with E-state index in [0.29, 0.717) is 0 Å². The number of rotatable bonds is 7. The van der Waals surface area contributed by atoms with Gasteiger partial charge in [0.1, 0.15) is 6.04 Å². The predicted molar refractivity (Wildman–Crippen MR) is 56.5 cm³/mol. The van der Waals surface area contributed by atoms with Crippen molar-refractivity contribution in [3.05, 3.63) is 0 Å². The van der Waals surface area contributed by atoms with Crippen LogP contribution in [-0.4, -0.2) is 42.0 Å². The number of nitrogens with two attached hydrogens (primary N) is 1. The monoisotopic (exact) mass is 231 g/mol. The average molecular weight is 231 g/mol. The molecule has 0 aliphatic carbocycles. The van der Waals surface area contributed by atoms with E-state index in [2.05, 4.69) is 10.6 Å². The Morgan fingerprint density at radius 1 is 1.38 bits per heavy atom. The van der Waals surface area contributed by atoms with Gasteiger partial charge in [-0.15, -0.1) is 0 Å². The van der Waals surface area contributed by atoms with E-state index in [4.69, 9.17) is 10.8 Å². The van der Waals surface area contributed by atoms with Crippen LogP contribution in [0.2, 0.25) is 0 Å². The minimum Gasteiger partial charge on any atom is -0.481 e. The molecule has 16 heavy (non-hydrogen) atoms. The van der Waals surface area contributed by atoms with E-state index in [9.17, 15) is 14.4 Å². The predicted octanol–water partition coefficient (Wildman–Crippen LogP) is -1.57. The quantitative estimate of drug-likeness (QED) is 0.421. The molecule has 0 heterocycles. The third-order valence-electron chi connectivity index (χ3n) is 2.13. The van der Waals surface area contributed by atoms with Crippen molar-refractivity contribution in [1.82, 2.24) is 10.6 Å². The van der Waals surface area contributed by atoms with Gasteiger partial charge in [-0.2, -0.15) is 0 Å². The zero-order valence-electron chi connectivity index (χ0n) is 9.32. The van der Waals surface area contributed by atoms with Crippen LogP contribution in [0.4, 0.5) is 0 Å². The van der Waals surface area contributed by atoms with Crippen LogP contribution in [-0.2, 0) is 14.4 Å². The topological polar surface area (TPSA) is 122 Å². The average Bonchev–Trinajstić information content (AvgIpc) is 2.21. The van der Waals surface area contributed by atoms with Gasteiger partial charge in [-0.3, -0.25) is 14.4 Å². The van der Waals surface area contributed by atoms with Gasteiger partial charge in [0.2, 0.25) is 11.8 Å². The normalized spacial score (nSPS) is 13.9. The summed E-state index contributed by atoms with van der Waals surface area (Å²) in [4.78, 5) is 32.7. The highest BCUT2D eigenvalue weighted by Crippen LogP contribution is 1.97. The van der Waals surface area contributed by atoms with Crippen molar-refractivity contribution in [3.8, 4) is 0 Å². The van der Waals surface area contributed by atoms with Gasteiger partial charge in [-0.25, -0.2) is 0 Å². The van der Waals surface area contributed by atoms with Crippen molar-refractivity contribution in [3.63, 3.8) is 0 Å². The van der Waals surface area contributed by atoms with Crippen LogP contribution in [0.5, 0.6) is 0 Å². The molecule has 7 nitrogen and oxygen atoms in total. The summed E-state index contributed by atoms with van der Waals surface area (Å²) in [7, 11) is 1.60. The molecule has 0 aliphatic rings. The molecule has 0 radical (unpaired) electrons. The Morgan fingerprint density at radius 3 is 2.31 bits per heavy atom. The number of likely N-dealkylation sites (N-methyl/N-ethyl adjacent to an activating group) is 1. The molecule has 0 aliphatic heterocycles. The molecule has 92 valence electrons. The van der Waals surface area contributed by atoms with Gasteiger partial charge in [-0.05, 0) is 20.4 Å². The minimum atomic E-state index is -1.04. The summed E-state index contributed by atoms with van der Waals surface area (Å²) < 4.78 is 0. The van der Waals surface area contributed by atoms with Gasteiger partial charge in [0.25, 0.3) is 0 Å². The van der Waals surface area contributed by atoms with Crippen molar-refractivity contribution < 1.29 is 19.5 Å². The van der Waals surface area contributed by atoms with Gasteiger partial charge >= 0.3 is 5.97 Å². The number of carbonyl (C=O) groups excluding carboxylic acids is 2. The highest BCUT2D eigenvalue weighted by Gasteiger charge is 2.21. The van der Waals surface area contributed by atoms with E-state index in [1.165, 1.54) is 0 Å². The van der Waals surface area contributed by atoms with Crippen LogP contribution in [0.15, 0.2) is 0 Å². The summed E-state index contributed by atoms with van der Waals surface area (Å²) in [5.41, 5.74) is 5.05. The number of carbonyl (C=O) groups is 3. The summed E-state index contributed by atoms with van der Waals surface area (Å²) >= 11 is 0. The summed E-state index contributed by atoms with van der Waals surface area (Å²) in [6.45, 7) is 1.62. The molecular weight excluding hydrogens is 214 g/mol. The number of amides is 2. The Hall–Kier alpha value is -1.63. The van der Waals surface area contributed by atoms with Gasteiger partial charge in [0.05, 0.1) is 6.04 Å². The zero-order valence-corrected chi connectivity index (χ0v) is 9.32. The number of aliphatic carboxylic acids is 1. The second kappa shape index (κ2) is 6.78. The smallest absolute Gasteiger partial charge is 0.303 e. The van der Waals surface area contributed by atoms with Crippen molar-refractivity contribution in [1.29, 1.82) is 0 Å². The van der Waals surface area contributed by atoms with E-state index < -0.39 is 29.9 Å². The Labute approximate surface area is 93.4 Å². The van der Waals surface area contributed by atoms with Crippen LogP contribution in [0.25, 0.3) is 0 Å². The molecule has 7 heteroatoms. The molecule has 0 saturated heterocycles. The molecule has 0 aromatic rings. The lowest BCUT2D eigenvalue weighted by molar-refractivity contribution is -0.137. The molecular formula is C9H17N3O4. The second-order valence-corrected chi connectivity index (χ2v) is 3.41. The van der Waals surface area contributed by atoms with Gasteiger partial charge < -0.3 is 21.5 Å². The minimum absolute atomic E-state index is 0.00710. The number of nitrogens with one attached hydrogen (secondary N) is 2. The van der Waals surface area contributed by atoms with Crippen molar-refractivity contribution in [2.75, 3.05) is 7.05 Å². The van der Waals surface area contributed by atoms with Crippen LogP contribution < -0.4 is 16.4 Å². The van der Waals surface area contributed by atoms with E-state index in [-0.39, 0.29) is 12.8 Å². The van der Waals surface area contributed by atoms with Crippen LogP contribution in [0, 0.1) is 0 Å². The standard InChI is InChI=1S/C9H17N3O4/c1-5(11-2)9(16)12-6(8(10)15)3-4-7(13)14/h5-6,11H,3-4H2,1-2H3,(H2,10,15)(H,12,16)(H,13,14)/t5-,6+/m0/s1. The Balaban J connectivity index is 4.28. The lowest BCUT2D eigenvalue weighted by Crippen LogP contribution is -2.50. The van der Waals surface area contributed by atoms with Crippen LogP contribution in [0.3, 0.4) is 0 Å². The number of primary amides is 1. The first-order valence-electron chi connectivity index (χ1n) is 4.87. The summed E-state index contributed by atoms with van der Waals surface area (Å²) in [6, 6.07) is -1.41. The lowest BCUT2D eigenvalue weighted by atomic mass is 10.1. The maximum atomic E-state index is 11.4. The molecule has 0 spiro atoms.